The third-order valence-corrected chi connectivity index (χ3v) is 5.98. The van der Waals surface area contributed by atoms with E-state index in [1.807, 2.05) is 6.92 Å². The van der Waals surface area contributed by atoms with Crippen LogP contribution in [0.4, 0.5) is 0 Å². The Morgan fingerprint density at radius 1 is 1.16 bits per heavy atom. The summed E-state index contributed by atoms with van der Waals surface area (Å²) in [5.41, 5.74) is 4.64. The second-order valence-corrected chi connectivity index (χ2v) is 9.19. The van der Waals surface area contributed by atoms with E-state index in [1.54, 1.807) is 57.4 Å². The van der Waals surface area contributed by atoms with E-state index in [-0.39, 0.29) is 13.2 Å². The summed E-state index contributed by atoms with van der Waals surface area (Å²) in [4.78, 5) is 25.2. The topological polar surface area (TPSA) is 120 Å². The Labute approximate surface area is 234 Å². The van der Waals surface area contributed by atoms with Gasteiger partial charge >= 0.3 is 5.97 Å². The Morgan fingerprint density at radius 3 is 2.63 bits per heavy atom. The molecule has 2 aromatic carbocycles. The molecule has 3 rings (SSSR count). The molecule has 3 N–H and O–H groups in total. The summed E-state index contributed by atoms with van der Waals surface area (Å²) in [5.74, 6) is 0.483. The van der Waals surface area contributed by atoms with Crippen molar-refractivity contribution in [2.24, 2.45) is 5.10 Å². The third-order valence-electron chi connectivity index (χ3n) is 5.30. The van der Waals surface area contributed by atoms with E-state index in [9.17, 15) is 9.59 Å². The van der Waals surface area contributed by atoms with Gasteiger partial charge in [0.2, 0.25) is 0 Å². The first-order valence-corrected chi connectivity index (χ1v) is 13.0. The number of thiocarbonyl (C=S) groups is 1. The van der Waals surface area contributed by atoms with Crippen molar-refractivity contribution in [3.05, 3.63) is 63.3 Å². The lowest BCUT2D eigenvalue weighted by molar-refractivity contribution is -0.139. The van der Waals surface area contributed by atoms with Crippen LogP contribution in [0.5, 0.6) is 17.2 Å². The molecular formula is C26H29BrN4O6S. The number of para-hydroxylation sites is 1. The summed E-state index contributed by atoms with van der Waals surface area (Å²) in [6, 6.07) is 10.0. The maximum absolute atomic E-state index is 12.7. The molecule has 0 bridgehead atoms. The number of benzene rings is 2. The van der Waals surface area contributed by atoms with Crippen LogP contribution in [0.25, 0.3) is 0 Å². The van der Waals surface area contributed by atoms with Crippen molar-refractivity contribution >= 4 is 51.4 Å². The first-order valence-electron chi connectivity index (χ1n) is 11.8. The molecule has 38 heavy (non-hydrogen) atoms. The van der Waals surface area contributed by atoms with E-state index < -0.39 is 17.9 Å². The average molecular weight is 606 g/mol. The van der Waals surface area contributed by atoms with Gasteiger partial charge in [0.1, 0.15) is 5.75 Å². The van der Waals surface area contributed by atoms with Gasteiger partial charge in [-0.3, -0.25) is 4.79 Å². The molecule has 0 radical (unpaired) electrons. The Morgan fingerprint density at radius 2 is 1.92 bits per heavy atom. The van der Waals surface area contributed by atoms with Gasteiger partial charge in [-0.1, -0.05) is 34.1 Å². The fourth-order valence-electron chi connectivity index (χ4n) is 3.74. The fourth-order valence-corrected chi connectivity index (χ4v) is 4.47. The second-order valence-electron chi connectivity index (χ2n) is 7.87. The zero-order chi connectivity index (χ0) is 27.7. The molecule has 1 aliphatic rings. The van der Waals surface area contributed by atoms with Crippen molar-refractivity contribution in [2.75, 3.05) is 26.9 Å². The van der Waals surface area contributed by atoms with Gasteiger partial charge in [0.05, 0.1) is 38.2 Å². The van der Waals surface area contributed by atoms with Crippen LogP contribution in [0.3, 0.4) is 0 Å². The van der Waals surface area contributed by atoms with E-state index in [1.165, 1.54) is 6.21 Å². The van der Waals surface area contributed by atoms with Crippen LogP contribution >= 0.6 is 28.1 Å². The maximum Gasteiger partial charge on any atom is 0.338 e. The Balaban J connectivity index is 1.73. The van der Waals surface area contributed by atoms with Gasteiger partial charge in [-0.05, 0) is 51.2 Å². The SMILES string of the molecule is CCOC(=O)C1=C(C)NC(=S)N[C@H]1c1ccccc1OCC(=O)NN=Cc1cc(Br)cc(OC)c1OCC. The number of hydrogen-bond acceptors (Lipinski definition) is 8. The van der Waals surface area contributed by atoms with Gasteiger partial charge in [-0.2, -0.15) is 5.10 Å². The number of allylic oxidation sites excluding steroid dienone is 1. The number of rotatable bonds is 11. The molecule has 0 saturated carbocycles. The molecule has 0 spiro atoms. The number of nitrogens with one attached hydrogen (secondary N) is 3. The molecule has 0 aromatic heterocycles. The number of carbonyl (C=O) groups is 2. The number of carbonyl (C=O) groups excluding carboxylic acids is 2. The number of hydrazone groups is 1. The standard InChI is InChI=1S/C26H29BrN4O6S/c1-5-35-24-16(11-17(27)12-20(24)34-4)13-28-31-21(32)14-37-19-10-8-7-9-18(19)23-22(25(33)36-6-2)15(3)29-26(38)30-23/h7-13,23H,5-6,14H2,1-4H3,(H,31,32)(H2,29,30,38)/t23-/m0/s1. The molecule has 0 fully saturated rings. The van der Waals surface area contributed by atoms with Crippen molar-refractivity contribution < 1.29 is 28.5 Å². The Bertz CT molecular complexity index is 1270. The summed E-state index contributed by atoms with van der Waals surface area (Å²) in [6.07, 6.45) is 1.46. The Kier molecular flexibility index (Phi) is 10.5. The van der Waals surface area contributed by atoms with E-state index in [0.717, 1.165) is 4.47 Å². The molecule has 10 nitrogen and oxygen atoms in total. The summed E-state index contributed by atoms with van der Waals surface area (Å²) >= 11 is 8.73. The van der Waals surface area contributed by atoms with Crippen molar-refractivity contribution in [2.45, 2.75) is 26.8 Å². The highest BCUT2D eigenvalue weighted by molar-refractivity contribution is 9.10. The monoisotopic (exact) mass is 604 g/mol. The van der Waals surface area contributed by atoms with Crippen LogP contribution < -0.4 is 30.3 Å². The van der Waals surface area contributed by atoms with Crippen LogP contribution in [0, 0.1) is 0 Å². The van der Waals surface area contributed by atoms with Gasteiger partial charge < -0.3 is 29.6 Å². The van der Waals surface area contributed by atoms with Crippen molar-refractivity contribution in [3.63, 3.8) is 0 Å². The van der Waals surface area contributed by atoms with Crippen LogP contribution in [-0.2, 0) is 14.3 Å². The average Bonchev–Trinajstić information content (AvgIpc) is 2.88. The highest BCUT2D eigenvalue weighted by Crippen LogP contribution is 2.35. The fraction of sp³-hybridized carbons (Fsp3) is 0.308. The minimum Gasteiger partial charge on any atom is -0.493 e. The number of nitrogens with zero attached hydrogens (tertiary/aromatic N) is 1. The molecule has 12 heteroatoms. The predicted molar refractivity (Wildman–Crippen MR) is 150 cm³/mol. The molecule has 1 amide bonds. The first-order chi connectivity index (χ1) is 18.3. The highest BCUT2D eigenvalue weighted by atomic mass is 79.9. The zero-order valence-corrected chi connectivity index (χ0v) is 23.8. The minimum atomic E-state index is -0.622. The van der Waals surface area contributed by atoms with Gasteiger partial charge in [0, 0.05) is 21.3 Å². The largest absolute Gasteiger partial charge is 0.493 e. The van der Waals surface area contributed by atoms with Gasteiger partial charge in [0.15, 0.2) is 23.2 Å². The zero-order valence-electron chi connectivity index (χ0n) is 21.4. The normalized spacial score (nSPS) is 15.0. The minimum absolute atomic E-state index is 0.227. The number of ether oxygens (including phenoxy) is 4. The van der Waals surface area contributed by atoms with Crippen LogP contribution in [-0.4, -0.2) is 50.1 Å². The van der Waals surface area contributed by atoms with Crippen LogP contribution in [0.15, 0.2) is 57.2 Å². The molecular weight excluding hydrogens is 576 g/mol. The summed E-state index contributed by atoms with van der Waals surface area (Å²) in [7, 11) is 1.54. The third kappa shape index (κ3) is 7.23. The number of esters is 1. The molecule has 2 aromatic rings. The molecule has 0 unspecified atom stereocenters. The lowest BCUT2D eigenvalue weighted by atomic mass is 9.95. The number of methoxy groups -OCH3 is 1. The van der Waals surface area contributed by atoms with Crippen molar-refractivity contribution in [1.29, 1.82) is 0 Å². The van der Waals surface area contributed by atoms with E-state index in [2.05, 4.69) is 37.1 Å². The summed E-state index contributed by atoms with van der Waals surface area (Å²) in [5, 5.41) is 10.4. The summed E-state index contributed by atoms with van der Waals surface area (Å²) < 4.78 is 22.9. The first kappa shape index (κ1) is 28.9. The van der Waals surface area contributed by atoms with E-state index in [4.69, 9.17) is 31.2 Å². The number of halogens is 1. The molecule has 1 atom stereocenters. The smallest absolute Gasteiger partial charge is 0.338 e. The molecule has 1 heterocycles. The van der Waals surface area contributed by atoms with Gasteiger partial charge in [-0.25, -0.2) is 10.2 Å². The molecule has 1 aliphatic heterocycles. The Hall–Kier alpha value is -3.64. The van der Waals surface area contributed by atoms with Gasteiger partial charge in [-0.15, -0.1) is 0 Å². The lowest BCUT2D eigenvalue weighted by Gasteiger charge is -2.30. The predicted octanol–water partition coefficient (Wildman–Crippen LogP) is 3.74. The number of hydrogen-bond donors (Lipinski definition) is 3. The maximum atomic E-state index is 12.7. The molecule has 202 valence electrons. The van der Waals surface area contributed by atoms with Crippen LogP contribution in [0.2, 0.25) is 0 Å². The molecule has 0 aliphatic carbocycles. The van der Waals surface area contributed by atoms with E-state index in [0.29, 0.717) is 51.4 Å². The van der Waals surface area contributed by atoms with Crippen molar-refractivity contribution in [1.82, 2.24) is 16.1 Å². The molecule has 0 saturated heterocycles. The number of amides is 1. The van der Waals surface area contributed by atoms with Crippen LogP contribution in [0.1, 0.15) is 37.9 Å². The highest BCUT2D eigenvalue weighted by Gasteiger charge is 2.32. The summed E-state index contributed by atoms with van der Waals surface area (Å²) in [6.45, 7) is 5.69. The van der Waals surface area contributed by atoms with E-state index >= 15 is 0 Å². The second kappa shape index (κ2) is 13.8. The quantitative estimate of drug-likeness (QED) is 0.152. The van der Waals surface area contributed by atoms with Gasteiger partial charge in [0.25, 0.3) is 5.91 Å². The van der Waals surface area contributed by atoms with Crippen molar-refractivity contribution in [3.8, 4) is 17.2 Å². The lowest BCUT2D eigenvalue weighted by Crippen LogP contribution is -2.45.